The number of fused-ring (bicyclic) bond motifs is 1. The molecule has 1 amide bonds. The number of anilines is 1. The van der Waals surface area contributed by atoms with Crippen LogP contribution in [0.3, 0.4) is 0 Å². The third kappa shape index (κ3) is 6.01. The van der Waals surface area contributed by atoms with Gasteiger partial charge in [0, 0.05) is 18.2 Å². The molecule has 0 saturated heterocycles. The zero-order chi connectivity index (χ0) is 27.7. The first-order chi connectivity index (χ1) is 17.9. The minimum atomic E-state index is -4.78. The molecule has 0 unspecified atom stereocenters. The number of benzene rings is 1. The Balaban J connectivity index is 1.62. The molecule has 38 heavy (non-hydrogen) atoms. The Labute approximate surface area is 218 Å². The number of nitrogens with zero attached hydrogens (tertiary/aromatic N) is 3. The first-order valence-corrected chi connectivity index (χ1v) is 12.5. The van der Waals surface area contributed by atoms with E-state index in [2.05, 4.69) is 20.4 Å². The van der Waals surface area contributed by atoms with Gasteiger partial charge in [-0.3, -0.25) is 9.59 Å². The van der Waals surface area contributed by atoms with Crippen LogP contribution in [0.25, 0.3) is 5.69 Å². The van der Waals surface area contributed by atoms with Crippen LogP contribution in [0.15, 0.2) is 23.4 Å². The van der Waals surface area contributed by atoms with E-state index in [1.54, 1.807) is 12.3 Å². The summed E-state index contributed by atoms with van der Waals surface area (Å²) in [6.07, 6.45) is 0.157. The van der Waals surface area contributed by atoms with Crippen molar-refractivity contribution in [1.82, 2.24) is 9.78 Å². The number of oxime groups is 1. The number of hydrogen-bond donors (Lipinski definition) is 2. The fraction of sp³-hybridized carbons (Fsp3) is 0.538. The maximum Gasteiger partial charge on any atom is 0.435 e. The van der Waals surface area contributed by atoms with Crippen LogP contribution in [0.2, 0.25) is 0 Å². The lowest BCUT2D eigenvalue weighted by Crippen LogP contribution is -2.31. The second-order valence-corrected chi connectivity index (χ2v) is 10.5. The van der Waals surface area contributed by atoms with Crippen molar-refractivity contribution in [3.8, 4) is 5.69 Å². The lowest BCUT2D eigenvalue weighted by Gasteiger charge is -2.30. The quantitative estimate of drug-likeness (QED) is 0.379. The minimum Gasteiger partial charge on any atom is -0.399 e. The van der Waals surface area contributed by atoms with Crippen molar-refractivity contribution in [2.24, 2.45) is 16.3 Å². The number of aromatic nitrogens is 2. The Morgan fingerprint density at radius 2 is 1.97 bits per heavy atom. The monoisotopic (exact) mass is 535 g/mol. The van der Waals surface area contributed by atoms with Gasteiger partial charge in [0.2, 0.25) is 0 Å². The highest BCUT2D eigenvalue weighted by Crippen LogP contribution is 2.42. The standard InChI is InChI=1S/C26H32F3N5O4/c1-25(2)13-20-22(21(35)14-25)23(26(27,28)29)33-34(20)16-6-9-18(24(30)36)19(12-16)32-15-4-7-17(8-5-15)38-11-10-31-37-3/h6,9-10,12,15,17,32H,4-5,7-8,11,13-14H2,1-3H3,(H2,30,36). The molecule has 206 valence electrons. The Morgan fingerprint density at radius 3 is 2.61 bits per heavy atom. The number of amides is 1. The van der Waals surface area contributed by atoms with Crippen molar-refractivity contribution in [2.75, 3.05) is 19.0 Å². The summed E-state index contributed by atoms with van der Waals surface area (Å²) in [5.41, 5.74) is 4.67. The van der Waals surface area contributed by atoms with E-state index in [1.165, 1.54) is 23.9 Å². The number of halogens is 3. The van der Waals surface area contributed by atoms with E-state index in [-0.39, 0.29) is 41.8 Å². The smallest absolute Gasteiger partial charge is 0.399 e. The third-order valence-electron chi connectivity index (χ3n) is 6.95. The summed E-state index contributed by atoms with van der Waals surface area (Å²) >= 11 is 0. The Bertz CT molecular complexity index is 1230. The Morgan fingerprint density at radius 1 is 1.26 bits per heavy atom. The van der Waals surface area contributed by atoms with Gasteiger partial charge in [-0.05, 0) is 55.7 Å². The summed E-state index contributed by atoms with van der Waals surface area (Å²) in [5, 5.41) is 10.8. The number of carbonyl (C=O) groups excluding carboxylic acids is 2. The molecule has 1 fully saturated rings. The fourth-order valence-corrected chi connectivity index (χ4v) is 5.24. The second-order valence-electron chi connectivity index (χ2n) is 10.5. The van der Waals surface area contributed by atoms with E-state index in [1.807, 2.05) is 13.8 Å². The van der Waals surface area contributed by atoms with Crippen LogP contribution in [-0.4, -0.2) is 53.5 Å². The number of ketones is 1. The van der Waals surface area contributed by atoms with E-state index in [0.717, 1.165) is 25.7 Å². The molecular formula is C26H32F3N5O4. The van der Waals surface area contributed by atoms with Crippen LogP contribution in [-0.2, 0) is 22.2 Å². The molecule has 3 N–H and O–H groups in total. The first kappa shape index (κ1) is 27.6. The van der Waals surface area contributed by atoms with Gasteiger partial charge in [0.25, 0.3) is 5.91 Å². The van der Waals surface area contributed by atoms with Gasteiger partial charge in [0.15, 0.2) is 11.5 Å². The number of rotatable bonds is 8. The maximum atomic E-state index is 13.9. The molecule has 1 aromatic carbocycles. The van der Waals surface area contributed by atoms with Crippen molar-refractivity contribution in [1.29, 1.82) is 0 Å². The van der Waals surface area contributed by atoms with Gasteiger partial charge in [-0.15, -0.1) is 0 Å². The molecule has 1 aromatic heterocycles. The van der Waals surface area contributed by atoms with Gasteiger partial charge in [-0.2, -0.15) is 18.3 Å². The molecule has 1 heterocycles. The Kier molecular flexibility index (Phi) is 7.82. The molecule has 1 saturated carbocycles. The highest BCUT2D eigenvalue weighted by molar-refractivity contribution is 6.00. The van der Waals surface area contributed by atoms with Crippen LogP contribution >= 0.6 is 0 Å². The summed E-state index contributed by atoms with van der Waals surface area (Å²) in [5.74, 6) is -1.24. The van der Waals surface area contributed by atoms with E-state index < -0.39 is 29.0 Å². The van der Waals surface area contributed by atoms with Crippen molar-refractivity contribution in [3.63, 3.8) is 0 Å². The lowest BCUT2D eigenvalue weighted by molar-refractivity contribution is -0.141. The predicted octanol–water partition coefficient (Wildman–Crippen LogP) is 4.52. The summed E-state index contributed by atoms with van der Waals surface area (Å²) in [6, 6.07) is 4.55. The largest absolute Gasteiger partial charge is 0.435 e. The molecule has 12 heteroatoms. The van der Waals surface area contributed by atoms with Crippen molar-refractivity contribution in [3.05, 3.63) is 40.7 Å². The molecule has 0 aliphatic heterocycles. The van der Waals surface area contributed by atoms with E-state index in [0.29, 0.717) is 18.0 Å². The molecule has 9 nitrogen and oxygen atoms in total. The average Bonchev–Trinajstić information content (AvgIpc) is 3.22. The molecule has 0 atom stereocenters. The van der Waals surface area contributed by atoms with Gasteiger partial charge < -0.3 is 20.6 Å². The fourth-order valence-electron chi connectivity index (χ4n) is 5.24. The van der Waals surface area contributed by atoms with Crippen LogP contribution in [0, 0.1) is 5.41 Å². The zero-order valence-electron chi connectivity index (χ0n) is 21.6. The molecule has 4 rings (SSSR count). The maximum absolute atomic E-state index is 13.9. The van der Waals surface area contributed by atoms with Crippen LogP contribution in [0.1, 0.15) is 78.1 Å². The van der Waals surface area contributed by atoms with Gasteiger partial charge in [-0.1, -0.05) is 19.0 Å². The number of hydrogen-bond acceptors (Lipinski definition) is 7. The van der Waals surface area contributed by atoms with Crippen LogP contribution in [0.4, 0.5) is 18.9 Å². The van der Waals surface area contributed by atoms with Crippen molar-refractivity contribution >= 4 is 23.6 Å². The van der Waals surface area contributed by atoms with Gasteiger partial charge in [0.05, 0.1) is 41.4 Å². The van der Waals surface area contributed by atoms with Gasteiger partial charge in [0.1, 0.15) is 7.11 Å². The topological polar surface area (TPSA) is 121 Å². The number of nitrogens with two attached hydrogens (primary N) is 1. The summed E-state index contributed by atoms with van der Waals surface area (Å²) in [4.78, 5) is 29.5. The molecule has 0 bridgehead atoms. The summed E-state index contributed by atoms with van der Waals surface area (Å²) in [7, 11) is 1.46. The predicted molar refractivity (Wildman–Crippen MR) is 135 cm³/mol. The third-order valence-corrected chi connectivity index (χ3v) is 6.95. The normalized spacial score (nSPS) is 21.4. The van der Waals surface area contributed by atoms with Crippen LogP contribution in [0.5, 0.6) is 0 Å². The average molecular weight is 536 g/mol. The second kappa shape index (κ2) is 10.8. The van der Waals surface area contributed by atoms with E-state index in [9.17, 15) is 22.8 Å². The highest BCUT2D eigenvalue weighted by atomic mass is 19.4. The number of nitrogens with one attached hydrogen (secondary N) is 1. The Hall–Kier alpha value is -3.41. The van der Waals surface area contributed by atoms with Crippen molar-refractivity contribution < 1.29 is 32.3 Å². The lowest BCUT2D eigenvalue weighted by atomic mass is 9.75. The first-order valence-electron chi connectivity index (χ1n) is 12.5. The molecule has 0 radical (unpaired) electrons. The molecule has 2 aromatic rings. The van der Waals surface area contributed by atoms with E-state index >= 15 is 0 Å². The van der Waals surface area contributed by atoms with Crippen molar-refractivity contribution in [2.45, 2.75) is 70.7 Å². The SMILES string of the molecule is CON=CCOC1CCC(Nc2cc(-n3nc(C(F)(F)F)c4c3CC(C)(C)CC4=O)ccc2C(N)=O)CC1. The minimum absolute atomic E-state index is 0.00770. The number of ether oxygens (including phenoxy) is 1. The number of alkyl halides is 3. The van der Waals surface area contributed by atoms with Crippen LogP contribution < -0.4 is 11.1 Å². The number of carbonyl (C=O) groups is 2. The molecule has 2 aliphatic rings. The van der Waals surface area contributed by atoms with Gasteiger partial charge >= 0.3 is 6.18 Å². The summed E-state index contributed by atoms with van der Waals surface area (Å²) < 4.78 is 48.5. The number of Topliss-reactive ketones (excluding diaryl/α,β-unsaturated/α-hetero) is 1. The van der Waals surface area contributed by atoms with Gasteiger partial charge in [-0.25, -0.2) is 4.68 Å². The van der Waals surface area contributed by atoms with E-state index in [4.69, 9.17) is 10.5 Å². The molecule has 2 aliphatic carbocycles. The molecule has 0 spiro atoms. The molecular weight excluding hydrogens is 503 g/mol. The highest BCUT2D eigenvalue weighted by Gasteiger charge is 2.45. The summed E-state index contributed by atoms with van der Waals surface area (Å²) in [6.45, 7) is 4.02. The zero-order valence-corrected chi connectivity index (χ0v) is 21.6. The number of primary amides is 1.